The fourth-order valence-electron chi connectivity index (χ4n) is 0.609. The Kier molecular flexibility index (Phi) is 8.47. The molecule has 0 fully saturated rings. The average Bonchev–Trinajstić information content (AvgIpc) is 1.83. The van der Waals surface area contributed by atoms with Crippen LogP contribution in [0.15, 0.2) is 0 Å². The molecular weight excluding hydrogens is 160 g/mol. The van der Waals surface area contributed by atoms with Gasteiger partial charge in [-0.1, -0.05) is 0 Å². The highest BCUT2D eigenvalue weighted by Gasteiger charge is 2.13. The molecule has 3 N–H and O–H groups in total. The zero-order valence-corrected chi connectivity index (χ0v) is 7.87. The number of hydrogen-bond donors (Lipinski definition) is 3. The predicted molar refractivity (Wildman–Crippen MR) is 45.8 cm³/mol. The number of Topliss-reactive ketones (excluding diaryl/α,β-unsaturated/α-hetero) is 1. The van der Waals surface area contributed by atoms with Gasteiger partial charge < -0.3 is 15.3 Å². The topological polar surface area (TPSA) is 77.8 Å². The summed E-state index contributed by atoms with van der Waals surface area (Å²) in [4.78, 5) is 10.3. The molecule has 0 aliphatic carbocycles. The first-order valence-electron chi connectivity index (χ1n) is 3.77. The first-order valence-corrected chi connectivity index (χ1v) is 3.77. The van der Waals surface area contributed by atoms with Crippen molar-refractivity contribution in [3.8, 4) is 0 Å². The number of carbonyl (C=O) groups is 1. The molecule has 0 atom stereocenters. The molecule has 0 radical (unpaired) electrons. The van der Waals surface area contributed by atoms with Gasteiger partial charge in [0.25, 0.3) is 0 Å². The summed E-state index contributed by atoms with van der Waals surface area (Å²) in [6.07, 6.45) is 0.243. The van der Waals surface area contributed by atoms with Crippen LogP contribution in [0.3, 0.4) is 0 Å². The van der Waals surface area contributed by atoms with Gasteiger partial charge in [0.15, 0.2) is 0 Å². The fraction of sp³-hybridized carbons (Fsp3) is 0.875. The van der Waals surface area contributed by atoms with E-state index in [1.165, 1.54) is 6.92 Å². The maximum Gasteiger partial charge on any atom is 0.132 e. The number of hydrogen-bond acceptors (Lipinski definition) is 4. The van der Waals surface area contributed by atoms with Crippen molar-refractivity contribution in [3.05, 3.63) is 0 Å². The van der Waals surface area contributed by atoms with E-state index in [1.807, 2.05) is 0 Å². The summed E-state index contributed by atoms with van der Waals surface area (Å²) >= 11 is 0. The molecule has 0 amide bonds. The third kappa shape index (κ3) is 22.7. The molecule has 0 unspecified atom stereocenters. The van der Waals surface area contributed by atoms with Crippen LogP contribution < -0.4 is 0 Å². The van der Waals surface area contributed by atoms with Gasteiger partial charge in [0.05, 0.1) is 18.8 Å². The first kappa shape index (κ1) is 14.1. The number of aliphatic hydroxyl groups is 3. The van der Waals surface area contributed by atoms with E-state index in [0.29, 0.717) is 0 Å². The molecular formula is C8H18O4. The van der Waals surface area contributed by atoms with Gasteiger partial charge in [0.2, 0.25) is 0 Å². The van der Waals surface area contributed by atoms with Crippen molar-refractivity contribution in [3.63, 3.8) is 0 Å². The van der Waals surface area contributed by atoms with Crippen LogP contribution in [-0.2, 0) is 4.79 Å². The minimum Gasteiger partial charge on any atom is -0.394 e. The monoisotopic (exact) mass is 178 g/mol. The summed E-state index contributed by atoms with van der Waals surface area (Å²) in [7, 11) is 0. The number of aliphatic hydroxyl groups excluding tert-OH is 2. The summed E-state index contributed by atoms with van der Waals surface area (Å²) < 4.78 is 0. The minimum absolute atomic E-state index is 0.0255. The van der Waals surface area contributed by atoms with Crippen LogP contribution in [0, 0.1) is 0 Å². The molecule has 12 heavy (non-hydrogen) atoms. The van der Waals surface area contributed by atoms with E-state index in [1.54, 1.807) is 13.8 Å². The van der Waals surface area contributed by atoms with Crippen molar-refractivity contribution in [2.45, 2.75) is 32.8 Å². The normalized spacial score (nSPS) is 10.2. The van der Waals surface area contributed by atoms with E-state index >= 15 is 0 Å². The van der Waals surface area contributed by atoms with Crippen LogP contribution in [0.4, 0.5) is 0 Å². The molecule has 0 saturated heterocycles. The molecule has 0 aromatic heterocycles. The first-order chi connectivity index (χ1) is 5.33. The van der Waals surface area contributed by atoms with Crippen molar-refractivity contribution < 1.29 is 20.1 Å². The van der Waals surface area contributed by atoms with E-state index < -0.39 is 5.60 Å². The molecule has 0 aromatic rings. The molecule has 0 spiro atoms. The average molecular weight is 178 g/mol. The maximum atomic E-state index is 10.3. The van der Waals surface area contributed by atoms with Gasteiger partial charge in [-0.05, 0) is 20.8 Å². The second-order valence-corrected chi connectivity index (χ2v) is 3.14. The van der Waals surface area contributed by atoms with Crippen LogP contribution in [0.5, 0.6) is 0 Å². The van der Waals surface area contributed by atoms with E-state index in [0.717, 1.165) is 0 Å². The molecule has 0 bridgehead atoms. The van der Waals surface area contributed by atoms with Gasteiger partial charge in [-0.2, -0.15) is 0 Å². The van der Waals surface area contributed by atoms with Gasteiger partial charge >= 0.3 is 0 Å². The molecule has 0 aliphatic rings. The number of rotatable bonds is 3. The highest BCUT2D eigenvalue weighted by Crippen LogP contribution is 2.06. The molecule has 74 valence electrons. The third-order valence-corrected chi connectivity index (χ3v) is 0.782. The van der Waals surface area contributed by atoms with Crippen LogP contribution in [-0.4, -0.2) is 39.9 Å². The van der Waals surface area contributed by atoms with Gasteiger partial charge in [0.1, 0.15) is 5.78 Å². The molecule has 0 saturated carbocycles. The Bertz CT molecular complexity index is 113. The summed E-state index contributed by atoms with van der Waals surface area (Å²) in [5.41, 5.74) is -0.828. The quantitative estimate of drug-likeness (QED) is 0.555. The lowest BCUT2D eigenvalue weighted by Gasteiger charge is -2.13. The Labute approximate surface area is 72.8 Å². The lowest BCUT2D eigenvalue weighted by Crippen LogP contribution is -2.21. The van der Waals surface area contributed by atoms with E-state index in [-0.39, 0.29) is 25.4 Å². The number of carbonyl (C=O) groups excluding carboxylic acids is 1. The predicted octanol–water partition coefficient (Wildman–Crippen LogP) is -0.293. The molecule has 0 aliphatic heterocycles. The van der Waals surface area contributed by atoms with Crippen molar-refractivity contribution in [1.29, 1.82) is 0 Å². The van der Waals surface area contributed by atoms with Gasteiger partial charge in [-0.3, -0.25) is 4.79 Å². The smallest absolute Gasteiger partial charge is 0.132 e. The standard InChI is InChI=1S/C6H12O2.C2H6O2/c1-5(7)4-6(2,3)8;3-1-2-4/h8H,4H2,1-3H3;3-4H,1-2H2. The van der Waals surface area contributed by atoms with Crippen molar-refractivity contribution in [2.75, 3.05) is 13.2 Å². The summed E-state index contributed by atoms with van der Waals surface area (Å²) in [6.45, 7) is 4.46. The van der Waals surface area contributed by atoms with Gasteiger partial charge in [-0.25, -0.2) is 0 Å². The Morgan fingerprint density at radius 1 is 1.25 bits per heavy atom. The molecule has 0 aromatic carbocycles. The number of ketones is 1. The van der Waals surface area contributed by atoms with E-state index in [2.05, 4.69) is 0 Å². The SMILES string of the molecule is CC(=O)CC(C)(C)O.OCCO. The minimum atomic E-state index is -0.828. The van der Waals surface area contributed by atoms with Crippen LogP contribution in [0.2, 0.25) is 0 Å². The Morgan fingerprint density at radius 3 is 1.58 bits per heavy atom. The van der Waals surface area contributed by atoms with Crippen molar-refractivity contribution in [1.82, 2.24) is 0 Å². The highest BCUT2D eigenvalue weighted by atomic mass is 16.3. The zero-order chi connectivity index (χ0) is 10.2. The van der Waals surface area contributed by atoms with Gasteiger partial charge in [-0.15, -0.1) is 0 Å². The second-order valence-electron chi connectivity index (χ2n) is 3.14. The fourth-order valence-corrected chi connectivity index (χ4v) is 0.609. The lowest BCUT2D eigenvalue weighted by molar-refractivity contribution is -0.120. The van der Waals surface area contributed by atoms with Gasteiger partial charge in [0, 0.05) is 6.42 Å². The Morgan fingerprint density at radius 2 is 1.58 bits per heavy atom. The Hall–Kier alpha value is -0.450. The largest absolute Gasteiger partial charge is 0.394 e. The Balaban J connectivity index is 0. The zero-order valence-electron chi connectivity index (χ0n) is 7.87. The van der Waals surface area contributed by atoms with Crippen molar-refractivity contribution >= 4 is 5.78 Å². The van der Waals surface area contributed by atoms with Crippen LogP contribution >= 0.6 is 0 Å². The summed E-state index contributed by atoms with van der Waals surface area (Å²) in [5.74, 6) is 0.0255. The summed E-state index contributed by atoms with van der Waals surface area (Å²) in [6, 6.07) is 0. The van der Waals surface area contributed by atoms with Crippen LogP contribution in [0.25, 0.3) is 0 Å². The summed E-state index contributed by atoms with van der Waals surface area (Å²) in [5, 5.41) is 24.2. The maximum absolute atomic E-state index is 10.3. The highest BCUT2D eigenvalue weighted by molar-refractivity contribution is 5.76. The molecule has 4 nitrogen and oxygen atoms in total. The van der Waals surface area contributed by atoms with Crippen LogP contribution in [0.1, 0.15) is 27.2 Å². The molecule has 0 rings (SSSR count). The third-order valence-electron chi connectivity index (χ3n) is 0.782. The van der Waals surface area contributed by atoms with Crippen molar-refractivity contribution in [2.24, 2.45) is 0 Å². The molecule has 4 heteroatoms. The van der Waals surface area contributed by atoms with E-state index in [4.69, 9.17) is 15.3 Å². The van der Waals surface area contributed by atoms with E-state index in [9.17, 15) is 4.79 Å². The second kappa shape index (κ2) is 7.21. The molecule has 0 heterocycles. The lowest BCUT2D eigenvalue weighted by atomic mass is 10.0.